The van der Waals surface area contributed by atoms with E-state index in [2.05, 4.69) is 0 Å². The lowest BCUT2D eigenvalue weighted by Crippen LogP contribution is -1.83. The van der Waals surface area contributed by atoms with Crippen molar-refractivity contribution in [2.24, 2.45) is 0 Å². The number of hydrogen-bond donors (Lipinski definition) is 1. The van der Waals surface area contributed by atoms with Gasteiger partial charge < -0.3 is 10.5 Å². The highest BCUT2D eigenvalue weighted by atomic mass is 32.1. The third-order valence-corrected chi connectivity index (χ3v) is 3.03. The molecule has 0 aliphatic carbocycles. The van der Waals surface area contributed by atoms with E-state index in [1.54, 1.807) is 18.2 Å². The molecule has 0 spiro atoms. The van der Waals surface area contributed by atoms with Gasteiger partial charge in [-0.25, -0.2) is 4.39 Å². The highest BCUT2D eigenvalue weighted by molar-refractivity contribution is 7.21. The second-order valence-corrected chi connectivity index (χ2v) is 3.61. The topological polar surface area (TPSA) is 35.2 Å². The van der Waals surface area contributed by atoms with Gasteiger partial charge in [-0.3, -0.25) is 0 Å². The molecule has 13 heavy (non-hydrogen) atoms. The van der Waals surface area contributed by atoms with Crippen molar-refractivity contribution in [2.75, 3.05) is 12.8 Å². The van der Waals surface area contributed by atoms with Crippen molar-refractivity contribution >= 4 is 27.1 Å². The van der Waals surface area contributed by atoms with E-state index in [0.29, 0.717) is 11.1 Å². The Bertz CT molecular complexity index is 452. The average molecular weight is 197 g/mol. The summed E-state index contributed by atoms with van der Waals surface area (Å²) in [5, 5.41) is 0.815. The Morgan fingerprint density at radius 1 is 1.46 bits per heavy atom. The monoisotopic (exact) mass is 197 g/mol. The zero-order chi connectivity index (χ0) is 9.42. The number of nitrogens with two attached hydrogens (primary N) is 1. The molecule has 0 radical (unpaired) electrons. The number of halogens is 1. The molecule has 0 aliphatic rings. The van der Waals surface area contributed by atoms with Gasteiger partial charge in [0.1, 0.15) is 0 Å². The van der Waals surface area contributed by atoms with Crippen LogP contribution in [0.15, 0.2) is 18.2 Å². The van der Waals surface area contributed by atoms with Gasteiger partial charge in [-0.2, -0.15) is 0 Å². The fourth-order valence-electron chi connectivity index (χ4n) is 1.22. The third kappa shape index (κ3) is 1.14. The Morgan fingerprint density at radius 2 is 2.23 bits per heavy atom. The van der Waals surface area contributed by atoms with E-state index in [9.17, 15) is 4.39 Å². The average Bonchev–Trinajstić information content (AvgIpc) is 2.45. The molecule has 0 bridgehead atoms. The molecule has 68 valence electrons. The molecule has 0 amide bonds. The number of hydrogen-bond acceptors (Lipinski definition) is 3. The van der Waals surface area contributed by atoms with Crippen LogP contribution < -0.4 is 10.5 Å². The van der Waals surface area contributed by atoms with E-state index in [4.69, 9.17) is 10.5 Å². The van der Waals surface area contributed by atoms with Crippen molar-refractivity contribution in [2.45, 2.75) is 0 Å². The van der Waals surface area contributed by atoms with Crippen LogP contribution in [0.5, 0.6) is 5.06 Å². The molecule has 1 aromatic carbocycles. The van der Waals surface area contributed by atoms with Gasteiger partial charge in [-0.05, 0) is 6.07 Å². The van der Waals surface area contributed by atoms with Crippen LogP contribution in [0.3, 0.4) is 0 Å². The quantitative estimate of drug-likeness (QED) is 0.713. The minimum atomic E-state index is -0.324. The van der Waals surface area contributed by atoms with E-state index in [1.807, 2.05) is 0 Å². The van der Waals surface area contributed by atoms with Crippen molar-refractivity contribution < 1.29 is 9.13 Å². The van der Waals surface area contributed by atoms with Crippen LogP contribution in [0.4, 0.5) is 10.1 Å². The molecule has 0 unspecified atom stereocenters. The Morgan fingerprint density at radius 3 is 2.85 bits per heavy atom. The molecular weight excluding hydrogens is 189 g/mol. The van der Waals surface area contributed by atoms with E-state index >= 15 is 0 Å². The van der Waals surface area contributed by atoms with Crippen LogP contribution in [0, 0.1) is 5.82 Å². The van der Waals surface area contributed by atoms with Crippen LogP contribution in [-0.2, 0) is 0 Å². The van der Waals surface area contributed by atoms with Crippen molar-refractivity contribution in [3.8, 4) is 5.06 Å². The number of fused-ring (bicyclic) bond motifs is 1. The van der Waals surface area contributed by atoms with E-state index in [-0.39, 0.29) is 10.9 Å². The molecule has 0 saturated heterocycles. The summed E-state index contributed by atoms with van der Waals surface area (Å²) in [5.74, 6) is -0.324. The molecule has 2 rings (SSSR count). The first-order valence-electron chi connectivity index (χ1n) is 3.74. The van der Waals surface area contributed by atoms with Gasteiger partial charge in [-0.1, -0.05) is 23.5 Å². The van der Waals surface area contributed by atoms with Gasteiger partial charge in [0.05, 0.1) is 11.8 Å². The van der Waals surface area contributed by atoms with Crippen molar-refractivity contribution in [1.82, 2.24) is 0 Å². The fraction of sp³-hybridized carbons (Fsp3) is 0.111. The van der Waals surface area contributed by atoms with Gasteiger partial charge >= 0.3 is 0 Å². The number of benzene rings is 1. The van der Waals surface area contributed by atoms with Crippen LogP contribution >= 0.6 is 11.3 Å². The van der Waals surface area contributed by atoms with Crippen LogP contribution in [0.2, 0.25) is 0 Å². The van der Waals surface area contributed by atoms with Crippen LogP contribution in [0.25, 0.3) is 10.1 Å². The molecule has 2 nitrogen and oxygen atoms in total. The van der Waals surface area contributed by atoms with Crippen LogP contribution in [-0.4, -0.2) is 7.11 Å². The maximum atomic E-state index is 13.4. The molecule has 0 saturated carbocycles. The Hall–Kier alpha value is -1.29. The Kier molecular flexibility index (Phi) is 1.84. The minimum Gasteiger partial charge on any atom is -0.485 e. The fourth-order valence-corrected chi connectivity index (χ4v) is 2.14. The first-order valence-corrected chi connectivity index (χ1v) is 4.56. The van der Waals surface area contributed by atoms with Crippen LogP contribution in [0.1, 0.15) is 0 Å². The lowest BCUT2D eigenvalue weighted by atomic mass is 10.2. The minimum absolute atomic E-state index is 0.285. The second kappa shape index (κ2) is 2.88. The summed E-state index contributed by atoms with van der Waals surface area (Å²) >= 11 is 1.23. The number of anilines is 1. The summed E-state index contributed by atoms with van der Waals surface area (Å²) in [7, 11) is 1.45. The molecule has 2 aromatic rings. The summed E-state index contributed by atoms with van der Waals surface area (Å²) in [6.07, 6.45) is 0. The smallest absolute Gasteiger partial charge is 0.211 e. The van der Waals surface area contributed by atoms with E-state index in [0.717, 1.165) is 4.70 Å². The predicted molar refractivity (Wildman–Crippen MR) is 52.7 cm³/mol. The number of ether oxygens (including phenoxy) is 1. The molecule has 2 N–H and O–H groups in total. The maximum Gasteiger partial charge on any atom is 0.211 e. The highest BCUT2D eigenvalue weighted by Gasteiger charge is 2.13. The van der Waals surface area contributed by atoms with Crippen molar-refractivity contribution in [3.63, 3.8) is 0 Å². The first kappa shape index (κ1) is 8.31. The number of methoxy groups -OCH3 is 1. The van der Waals surface area contributed by atoms with Gasteiger partial charge in [0, 0.05) is 11.1 Å². The van der Waals surface area contributed by atoms with E-state index < -0.39 is 0 Å². The standard InChI is InChI=1S/C9H8FNOS/c1-12-9-7(10)5-3-2-4-6(11)8(5)13-9/h2-4H,11H2,1H3. The third-order valence-electron chi connectivity index (χ3n) is 1.84. The summed E-state index contributed by atoms with van der Waals surface area (Å²) in [6.45, 7) is 0. The van der Waals surface area contributed by atoms with Gasteiger partial charge in [0.15, 0.2) is 5.82 Å². The van der Waals surface area contributed by atoms with Crippen molar-refractivity contribution in [1.29, 1.82) is 0 Å². The molecule has 4 heteroatoms. The summed E-state index contributed by atoms with van der Waals surface area (Å²) in [6, 6.07) is 5.17. The molecule has 1 aromatic heterocycles. The highest BCUT2D eigenvalue weighted by Crippen LogP contribution is 2.38. The Labute approximate surface area is 78.7 Å². The lowest BCUT2D eigenvalue weighted by Gasteiger charge is -1.92. The van der Waals surface area contributed by atoms with Gasteiger partial charge in [-0.15, -0.1) is 0 Å². The Balaban J connectivity index is 2.83. The van der Waals surface area contributed by atoms with Gasteiger partial charge in [0.25, 0.3) is 0 Å². The molecule has 0 fully saturated rings. The summed E-state index contributed by atoms with van der Waals surface area (Å²) < 4.78 is 19.1. The summed E-state index contributed by atoms with van der Waals surface area (Å²) in [5.41, 5.74) is 6.27. The number of rotatable bonds is 1. The lowest BCUT2D eigenvalue weighted by molar-refractivity contribution is 0.402. The normalized spacial score (nSPS) is 10.6. The van der Waals surface area contributed by atoms with Crippen molar-refractivity contribution in [3.05, 3.63) is 24.0 Å². The number of thiophene rings is 1. The zero-order valence-electron chi connectivity index (χ0n) is 7.00. The van der Waals surface area contributed by atoms with E-state index in [1.165, 1.54) is 18.4 Å². The summed E-state index contributed by atoms with van der Waals surface area (Å²) in [4.78, 5) is 0. The first-order chi connectivity index (χ1) is 6.24. The predicted octanol–water partition coefficient (Wildman–Crippen LogP) is 2.63. The largest absolute Gasteiger partial charge is 0.485 e. The SMILES string of the molecule is COc1sc2c(N)cccc2c1F. The molecule has 0 aliphatic heterocycles. The number of nitrogen functional groups attached to an aromatic ring is 1. The second-order valence-electron chi connectivity index (χ2n) is 2.63. The van der Waals surface area contributed by atoms with Gasteiger partial charge in [0.2, 0.25) is 5.06 Å². The molecule has 1 heterocycles. The zero-order valence-corrected chi connectivity index (χ0v) is 7.82. The molecule has 0 atom stereocenters. The molecular formula is C9H8FNOS. The maximum absolute atomic E-state index is 13.4.